The predicted molar refractivity (Wildman–Crippen MR) is 163 cm³/mol. The number of hydrogen-bond acceptors (Lipinski definition) is 9. The third-order valence-corrected chi connectivity index (χ3v) is 8.63. The first kappa shape index (κ1) is 33.4. The summed E-state index contributed by atoms with van der Waals surface area (Å²) in [5.74, 6) is -1.70. The highest BCUT2D eigenvalue weighted by atomic mass is 19.1. The van der Waals surface area contributed by atoms with Gasteiger partial charge in [0.05, 0.1) is 51.8 Å². The van der Waals surface area contributed by atoms with Crippen LogP contribution in [0.5, 0.6) is 0 Å². The second-order valence-corrected chi connectivity index (χ2v) is 12.9. The molecule has 0 bridgehead atoms. The fraction of sp³-hybridized carbons (Fsp3) is 0.625. The summed E-state index contributed by atoms with van der Waals surface area (Å²) < 4.78 is 27.5. The van der Waals surface area contributed by atoms with Crippen LogP contribution in [0.2, 0.25) is 0 Å². The van der Waals surface area contributed by atoms with E-state index in [0.717, 1.165) is 23.2 Å². The second kappa shape index (κ2) is 14.7. The number of amides is 3. The number of benzene rings is 1. The molecule has 2 fully saturated rings. The van der Waals surface area contributed by atoms with Crippen LogP contribution < -0.4 is 10.6 Å². The molecule has 2 saturated heterocycles. The van der Waals surface area contributed by atoms with Gasteiger partial charge in [0, 0.05) is 44.4 Å². The van der Waals surface area contributed by atoms with E-state index in [1.807, 2.05) is 30.5 Å². The van der Waals surface area contributed by atoms with Gasteiger partial charge in [-0.1, -0.05) is 37.3 Å². The van der Waals surface area contributed by atoms with E-state index < -0.39 is 29.6 Å². The van der Waals surface area contributed by atoms with Crippen molar-refractivity contribution in [2.24, 2.45) is 5.92 Å². The van der Waals surface area contributed by atoms with Crippen LogP contribution in [0.3, 0.4) is 0 Å². The van der Waals surface area contributed by atoms with Crippen LogP contribution in [0.4, 0.5) is 4.39 Å². The van der Waals surface area contributed by atoms with Crippen LogP contribution in [-0.4, -0.2) is 99.2 Å². The van der Waals surface area contributed by atoms with Crippen LogP contribution in [0, 0.1) is 17.2 Å². The highest BCUT2D eigenvalue weighted by Crippen LogP contribution is 2.33. The maximum atomic E-state index is 14.5. The normalized spacial score (nSPS) is 24.0. The highest BCUT2D eigenvalue weighted by Gasteiger charge is 2.47. The summed E-state index contributed by atoms with van der Waals surface area (Å²) in [6.07, 6.45) is 1.88. The molecule has 3 aliphatic heterocycles. The molecule has 0 spiro atoms. The van der Waals surface area contributed by atoms with Crippen molar-refractivity contribution < 1.29 is 28.2 Å². The van der Waals surface area contributed by atoms with E-state index in [0.29, 0.717) is 57.8 Å². The summed E-state index contributed by atoms with van der Waals surface area (Å²) in [5.41, 5.74) is 2.17. The van der Waals surface area contributed by atoms with Gasteiger partial charge in [-0.2, -0.15) is 5.26 Å². The molecule has 14 heteroatoms. The zero-order valence-corrected chi connectivity index (χ0v) is 26.7. The first-order chi connectivity index (χ1) is 22.0. The van der Waals surface area contributed by atoms with Crippen molar-refractivity contribution in [1.82, 2.24) is 35.4 Å². The number of carbonyl (C=O) groups is 3. The smallest absolute Gasteiger partial charge is 0.246 e. The molecule has 2 N–H and O–H groups in total. The number of hydrogen-bond donors (Lipinski definition) is 2. The van der Waals surface area contributed by atoms with Gasteiger partial charge in [0.2, 0.25) is 17.7 Å². The number of likely N-dealkylation sites (tertiary alicyclic amines) is 1. The van der Waals surface area contributed by atoms with Gasteiger partial charge in [-0.15, -0.1) is 5.10 Å². The van der Waals surface area contributed by atoms with Crippen molar-refractivity contribution in [1.29, 1.82) is 5.26 Å². The number of nitrogens with one attached hydrogen (secondary N) is 2. The molecule has 4 heterocycles. The number of nitriles is 1. The molecule has 0 saturated carbocycles. The summed E-state index contributed by atoms with van der Waals surface area (Å²) in [7, 11) is 0. The minimum Gasteiger partial charge on any atom is -0.378 e. The number of nitrogens with zero attached hydrogens (tertiary/aromatic N) is 6. The van der Waals surface area contributed by atoms with E-state index in [1.165, 1.54) is 11.8 Å². The van der Waals surface area contributed by atoms with Crippen molar-refractivity contribution >= 4 is 17.7 Å². The van der Waals surface area contributed by atoms with Crippen LogP contribution >= 0.6 is 0 Å². The minimum atomic E-state index is -1.65. The quantitative estimate of drug-likeness (QED) is 0.293. The minimum absolute atomic E-state index is 0.0340. The SMILES string of the molecule is CC(C)NCCOCCOCc1cn(Cc2cccc3c2CN(C(=O)C[C@@H]2C[C@@H](C(=O)N4CC(C)(F)C[C@H]4C#N)NC2=O)C3)nn1. The first-order valence-corrected chi connectivity index (χ1v) is 15.9. The molecule has 2 aromatic rings. The van der Waals surface area contributed by atoms with Crippen LogP contribution in [0.25, 0.3) is 0 Å². The standard InChI is InChI=1S/C32H43FN8O5/c1-21(2)35-7-8-45-9-10-46-19-25-17-40(38-37-25)16-23-6-4-5-22-15-39(18-27(22)23)29(42)12-24-11-28(36-30(24)43)31(44)41-20-32(3,33)13-26(41)14-34/h4-6,17,21,24,26,28,35H,7-13,15-16,18-20H2,1-3H3,(H,36,43)/t24-,26-,28-,32?/m0/s1. The van der Waals surface area contributed by atoms with E-state index in [1.54, 1.807) is 9.58 Å². The zero-order chi connectivity index (χ0) is 32.8. The average Bonchev–Trinajstić information content (AvgIpc) is 3.80. The average molecular weight is 639 g/mol. The molecule has 3 aliphatic rings. The Morgan fingerprint density at radius 3 is 2.83 bits per heavy atom. The maximum Gasteiger partial charge on any atom is 0.246 e. The van der Waals surface area contributed by atoms with Crippen molar-refractivity contribution in [2.75, 3.05) is 32.9 Å². The lowest BCUT2D eigenvalue weighted by Crippen LogP contribution is -2.46. The Morgan fingerprint density at radius 1 is 1.24 bits per heavy atom. The van der Waals surface area contributed by atoms with E-state index in [9.17, 15) is 24.0 Å². The van der Waals surface area contributed by atoms with Gasteiger partial charge in [-0.3, -0.25) is 14.4 Å². The lowest BCUT2D eigenvalue weighted by Gasteiger charge is -2.23. The Hall–Kier alpha value is -3.93. The molecule has 0 aliphatic carbocycles. The van der Waals surface area contributed by atoms with E-state index in [2.05, 4.69) is 34.8 Å². The molecular weight excluding hydrogens is 595 g/mol. The summed E-state index contributed by atoms with van der Waals surface area (Å²) >= 11 is 0. The molecule has 248 valence electrons. The third-order valence-electron chi connectivity index (χ3n) is 8.63. The third kappa shape index (κ3) is 8.26. The number of alkyl halides is 1. The van der Waals surface area contributed by atoms with Gasteiger partial charge in [-0.05, 0) is 30.0 Å². The highest BCUT2D eigenvalue weighted by molar-refractivity contribution is 5.94. The predicted octanol–water partition coefficient (Wildman–Crippen LogP) is 1.45. The van der Waals surface area contributed by atoms with E-state index in [4.69, 9.17) is 9.47 Å². The molecule has 3 amide bonds. The Kier molecular flexibility index (Phi) is 10.7. The molecular formula is C32H43FN8O5. The van der Waals surface area contributed by atoms with Gasteiger partial charge in [-0.25, -0.2) is 9.07 Å². The van der Waals surface area contributed by atoms with Gasteiger partial charge in [0.25, 0.3) is 0 Å². The van der Waals surface area contributed by atoms with Gasteiger partial charge >= 0.3 is 0 Å². The molecule has 1 aromatic heterocycles. The molecule has 46 heavy (non-hydrogen) atoms. The summed E-state index contributed by atoms with van der Waals surface area (Å²) in [6.45, 7) is 9.40. The summed E-state index contributed by atoms with van der Waals surface area (Å²) in [4.78, 5) is 42.1. The van der Waals surface area contributed by atoms with Crippen molar-refractivity contribution in [2.45, 2.75) is 90.1 Å². The number of ether oxygens (including phenoxy) is 2. The van der Waals surface area contributed by atoms with E-state index in [-0.39, 0.29) is 37.6 Å². The Bertz CT molecular complexity index is 1460. The fourth-order valence-corrected chi connectivity index (χ4v) is 6.30. The molecule has 1 unspecified atom stereocenters. The topological polar surface area (TPSA) is 155 Å². The van der Waals surface area contributed by atoms with Crippen molar-refractivity contribution in [3.05, 3.63) is 46.8 Å². The number of aromatic nitrogens is 3. The van der Waals surface area contributed by atoms with Gasteiger partial charge < -0.3 is 29.9 Å². The number of fused-ring (bicyclic) bond motifs is 1. The van der Waals surface area contributed by atoms with Gasteiger partial charge in [0.15, 0.2) is 0 Å². The number of carbonyl (C=O) groups excluding carboxylic acids is 3. The molecule has 1 aromatic carbocycles. The number of halogens is 1. The molecule has 4 atom stereocenters. The maximum absolute atomic E-state index is 14.5. The number of rotatable bonds is 14. The second-order valence-electron chi connectivity index (χ2n) is 12.9. The summed E-state index contributed by atoms with van der Waals surface area (Å²) in [5, 5.41) is 23.8. The largest absolute Gasteiger partial charge is 0.378 e. The lowest BCUT2D eigenvalue weighted by atomic mass is 9.99. The van der Waals surface area contributed by atoms with Crippen LogP contribution in [0.1, 0.15) is 62.4 Å². The van der Waals surface area contributed by atoms with Gasteiger partial charge in [0.1, 0.15) is 23.4 Å². The first-order valence-electron chi connectivity index (χ1n) is 15.9. The Labute approximate surface area is 268 Å². The van der Waals surface area contributed by atoms with Crippen LogP contribution in [0.15, 0.2) is 24.4 Å². The fourth-order valence-electron chi connectivity index (χ4n) is 6.30. The molecule has 5 rings (SSSR count). The Morgan fingerprint density at radius 2 is 2.04 bits per heavy atom. The van der Waals surface area contributed by atoms with Crippen molar-refractivity contribution in [3.63, 3.8) is 0 Å². The van der Waals surface area contributed by atoms with Crippen molar-refractivity contribution in [3.8, 4) is 6.07 Å². The summed E-state index contributed by atoms with van der Waals surface area (Å²) in [6, 6.07) is 6.62. The van der Waals surface area contributed by atoms with Crippen LogP contribution in [-0.2, 0) is 50.1 Å². The molecule has 13 nitrogen and oxygen atoms in total. The van der Waals surface area contributed by atoms with E-state index >= 15 is 0 Å². The lowest BCUT2D eigenvalue weighted by molar-refractivity contribution is -0.135. The monoisotopic (exact) mass is 638 g/mol. The molecule has 0 radical (unpaired) electrons. The zero-order valence-electron chi connectivity index (χ0n) is 26.7. The Balaban J connectivity index is 1.09.